The molecule has 0 saturated carbocycles. The summed E-state index contributed by atoms with van der Waals surface area (Å²) in [5.41, 5.74) is 1.47. The Hall–Kier alpha value is -2.64. The largest absolute Gasteiger partial charge is 0.492 e. The van der Waals surface area contributed by atoms with Gasteiger partial charge in [-0.15, -0.1) is 0 Å². The Morgan fingerprint density at radius 1 is 1.10 bits per heavy atom. The molecule has 2 aromatic carbocycles. The van der Waals surface area contributed by atoms with Gasteiger partial charge in [-0.25, -0.2) is 0 Å². The van der Waals surface area contributed by atoms with E-state index in [1.807, 2.05) is 26.0 Å². The number of hydrogen-bond acceptors (Lipinski definition) is 6. The number of rotatable bonds is 9. The average molecular weight is 449 g/mol. The molecule has 0 aliphatic carbocycles. The van der Waals surface area contributed by atoms with Crippen molar-refractivity contribution in [2.75, 3.05) is 49.7 Å². The van der Waals surface area contributed by atoms with E-state index in [1.165, 1.54) is 0 Å². The maximum atomic E-state index is 12.8. The van der Waals surface area contributed by atoms with Crippen LogP contribution in [0.4, 0.5) is 11.4 Å². The molecule has 1 atom stereocenters. The van der Waals surface area contributed by atoms with Gasteiger partial charge in [-0.2, -0.15) is 0 Å². The lowest BCUT2D eigenvalue weighted by Gasteiger charge is -2.31. The zero-order chi connectivity index (χ0) is 22.2. The van der Waals surface area contributed by atoms with Crippen LogP contribution in [0.5, 0.6) is 17.2 Å². The predicted molar refractivity (Wildman–Crippen MR) is 122 cm³/mol. The summed E-state index contributed by atoms with van der Waals surface area (Å²) in [6, 6.07) is 10.6. The second-order valence-electron chi connectivity index (χ2n) is 6.98. The molecule has 1 saturated heterocycles. The molecule has 8 heteroatoms. The number of benzene rings is 2. The highest BCUT2D eigenvalue weighted by Crippen LogP contribution is 2.39. The van der Waals surface area contributed by atoms with Gasteiger partial charge in [0.25, 0.3) is 5.91 Å². The molecule has 1 N–H and O–H groups in total. The molecule has 0 radical (unpaired) electrons. The molecule has 168 valence electrons. The van der Waals surface area contributed by atoms with E-state index in [9.17, 15) is 4.79 Å². The number of hydrogen-bond donors (Lipinski definition) is 1. The molecule has 0 bridgehead atoms. The Bertz CT molecular complexity index is 869. The average Bonchev–Trinajstić information content (AvgIpc) is 2.77. The number of amides is 1. The van der Waals surface area contributed by atoms with Crippen LogP contribution in [0.15, 0.2) is 36.4 Å². The van der Waals surface area contributed by atoms with E-state index in [0.717, 1.165) is 18.8 Å². The lowest BCUT2D eigenvalue weighted by molar-refractivity contribution is -0.122. The Morgan fingerprint density at radius 3 is 2.39 bits per heavy atom. The summed E-state index contributed by atoms with van der Waals surface area (Å²) >= 11 is 5.90. The number of morpholine rings is 1. The fourth-order valence-corrected chi connectivity index (χ4v) is 3.38. The summed E-state index contributed by atoms with van der Waals surface area (Å²) in [7, 11) is 0. The summed E-state index contributed by atoms with van der Waals surface area (Å²) in [5, 5.41) is 3.52. The van der Waals surface area contributed by atoms with E-state index in [2.05, 4.69) is 10.2 Å². The summed E-state index contributed by atoms with van der Waals surface area (Å²) in [4.78, 5) is 15.0. The number of anilines is 2. The Labute approximate surface area is 188 Å². The summed E-state index contributed by atoms with van der Waals surface area (Å²) in [6.45, 7) is 9.36. The van der Waals surface area contributed by atoms with Crippen molar-refractivity contribution in [3.05, 3.63) is 41.4 Å². The fraction of sp³-hybridized carbons (Fsp3) is 0.435. The van der Waals surface area contributed by atoms with Gasteiger partial charge in [0.15, 0.2) is 6.10 Å². The highest BCUT2D eigenvalue weighted by molar-refractivity contribution is 6.30. The Kier molecular flexibility index (Phi) is 8.26. The van der Waals surface area contributed by atoms with Crippen LogP contribution in [0, 0.1) is 0 Å². The molecule has 7 nitrogen and oxygen atoms in total. The first kappa shape index (κ1) is 23.0. The van der Waals surface area contributed by atoms with Gasteiger partial charge in [-0.05, 0) is 45.0 Å². The van der Waals surface area contributed by atoms with Crippen molar-refractivity contribution < 1.29 is 23.7 Å². The summed E-state index contributed by atoms with van der Waals surface area (Å²) < 4.78 is 22.9. The SMILES string of the molecule is CCOc1cc(N2CCOCC2)c(OCC)cc1NC(=O)C(C)Oc1ccc(Cl)cc1. The molecule has 0 aromatic heterocycles. The zero-order valence-electron chi connectivity index (χ0n) is 18.2. The quantitative estimate of drug-likeness (QED) is 0.614. The molecule has 1 aliphatic heterocycles. The fourth-order valence-electron chi connectivity index (χ4n) is 3.25. The van der Waals surface area contributed by atoms with Gasteiger partial charge in [-0.3, -0.25) is 4.79 Å². The first-order valence-electron chi connectivity index (χ1n) is 10.5. The van der Waals surface area contributed by atoms with Gasteiger partial charge in [-0.1, -0.05) is 11.6 Å². The van der Waals surface area contributed by atoms with Crippen molar-refractivity contribution in [3.63, 3.8) is 0 Å². The second-order valence-corrected chi connectivity index (χ2v) is 7.42. The number of carbonyl (C=O) groups is 1. The first-order chi connectivity index (χ1) is 15.0. The number of carbonyl (C=O) groups excluding carboxylic acids is 1. The van der Waals surface area contributed by atoms with Crippen LogP contribution in [-0.4, -0.2) is 51.5 Å². The van der Waals surface area contributed by atoms with Crippen LogP contribution in [0.25, 0.3) is 0 Å². The van der Waals surface area contributed by atoms with E-state index in [-0.39, 0.29) is 5.91 Å². The third kappa shape index (κ3) is 6.18. The molecule has 1 fully saturated rings. The molecular formula is C23H29ClN2O5. The lowest BCUT2D eigenvalue weighted by Crippen LogP contribution is -2.36. The molecule has 1 aliphatic rings. The zero-order valence-corrected chi connectivity index (χ0v) is 18.9. The maximum Gasteiger partial charge on any atom is 0.265 e. The van der Waals surface area contributed by atoms with Gasteiger partial charge in [0, 0.05) is 30.2 Å². The monoisotopic (exact) mass is 448 g/mol. The minimum absolute atomic E-state index is 0.294. The van der Waals surface area contributed by atoms with Crippen molar-refractivity contribution >= 4 is 28.9 Å². The highest BCUT2D eigenvalue weighted by atomic mass is 35.5. The topological polar surface area (TPSA) is 69.3 Å². The molecule has 1 heterocycles. The van der Waals surface area contributed by atoms with Crippen molar-refractivity contribution in [2.45, 2.75) is 26.9 Å². The molecule has 0 spiro atoms. The second kappa shape index (κ2) is 11.1. The summed E-state index contributed by atoms with van der Waals surface area (Å²) in [5.74, 6) is 1.54. The molecule has 1 unspecified atom stereocenters. The van der Waals surface area contributed by atoms with Crippen LogP contribution in [-0.2, 0) is 9.53 Å². The Balaban J connectivity index is 1.81. The van der Waals surface area contributed by atoms with Gasteiger partial charge in [0.2, 0.25) is 0 Å². The molecular weight excluding hydrogens is 420 g/mol. The number of nitrogens with zero attached hydrogens (tertiary/aromatic N) is 1. The van der Waals surface area contributed by atoms with E-state index in [1.54, 1.807) is 31.2 Å². The van der Waals surface area contributed by atoms with Gasteiger partial charge >= 0.3 is 0 Å². The maximum absolute atomic E-state index is 12.8. The molecule has 2 aromatic rings. The Morgan fingerprint density at radius 2 is 1.74 bits per heavy atom. The minimum atomic E-state index is -0.717. The number of nitrogens with one attached hydrogen (secondary N) is 1. The molecule has 31 heavy (non-hydrogen) atoms. The first-order valence-corrected chi connectivity index (χ1v) is 10.9. The molecule has 3 rings (SSSR count). The van der Waals surface area contributed by atoms with Crippen LogP contribution in [0.3, 0.4) is 0 Å². The predicted octanol–water partition coefficient (Wildman–Crippen LogP) is 4.38. The number of halogens is 1. The lowest BCUT2D eigenvalue weighted by atomic mass is 10.2. The normalized spacial score (nSPS) is 14.6. The van der Waals surface area contributed by atoms with Gasteiger partial charge in [0.05, 0.1) is 37.8 Å². The molecule has 1 amide bonds. The smallest absolute Gasteiger partial charge is 0.265 e. The van der Waals surface area contributed by atoms with E-state index in [0.29, 0.717) is 54.4 Å². The van der Waals surface area contributed by atoms with Crippen molar-refractivity contribution in [1.82, 2.24) is 0 Å². The minimum Gasteiger partial charge on any atom is -0.492 e. The van der Waals surface area contributed by atoms with Crippen molar-refractivity contribution in [2.24, 2.45) is 0 Å². The van der Waals surface area contributed by atoms with Gasteiger partial charge < -0.3 is 29.2 Å². The van der Waals surface area contributed by atoms with Crippen molar-refractivity contribution in [1.29, 1.82) is 0 Å². The standard InChI is InChI=1S/C23H29ClN2O5/c1-4-29-21-15-20(26-10-12-28-13-11-26)22(30-5-2)14-19(21)25-23(27)16(3)31-18-8-6-17(24)7-9-18/h6-9,14-16H,4-5,10-13H2,1-3H3,(H,25,27). The third-order valence-corrected chi connectivity index (χ3v) is 5.02. The van der Waals surface area contributed by atoms with E-state index >= 15 is 0 Å². The number of ether oxygens (including phenoxy) is 4. The third-order valence-electron chi connectivity index (χ3n) is 4.77. The van der Waals surface area contributed by atoms with Crippen LogP contribution >= 0.6 is 11.6 Å². The summed E-state index contributed by atoms with van der Waals surface area (Å²) in [6.07, 6.45) is -0.717. The van der Waals surface area contributed by atoms with Crippen LogP contribution < -0.4 is 24.4 Å². The van der Waals surface area contributed by atoms with Gasteiger partial charge in [0.1, 0.15) is 17.2 Å². The van der Waals surface area contributed by atoms with Crippen LogP contribution in [0.2, 0.25) is 5.02 Å². The van der Waals surface area contributed by atoms with E-state index < -0.39 is 6.10 Å². The van der Waals surface area contributed by atoms with Crippen LogP contribution in [0.1, 0.15) is 20.8 Å². The van der Waals surface area contributed by atoms with Crippen molar-refractivity contribution in [3.8, 4) is 17.2 Å². The highest BCUT2D eigenvalue weighted by Gasteiger charge is 2.22. The van der Waals surface area contributed by atoms with E-state index in [4.69, 9.17) is 30.5 Å².